The molecule has 1 fully saturated rings. The average Bonchev–Trinajstić information content (AvgIpc) is 2.81. The van der Waals surface area contributed by atoms with Crippen LogP contribution < -0.4 is 5.32 Å². The number of likely N-dealkylation sites (tertiary alicyclic amines) is 1. The summed E-state index contributed by atoms with van der Waals surface area (Å²) in [4.78, 5) is 2.52. The van der Waals surface area contributed by atoms with Gasteiger partial charge in [-0.2, -0.15) is 0 Å². The van der Waals surface area contributed by atoms with Crippen LogP contribution in [0.4, 0.5) is 0 Å². The van der Waals surface area contributed by atoms with E-state index >= 15 is 0 Å². The highest BCUT2D eigenvalue weighted by atomic mass is 35.5. The minimum absolute atomic E-state index is 0.147. The molecular formula is C14H21ClN2O. The van der Waals surface area contributed by atoms with Gasteiger partial charge in [-0.1, -0.05) is 24.6 Å². The summed E-state index contributed by atoms with van der Waals surface area (Å²) in [5.41, 5.74) is 1.11. The molecule has 100 valence electrons. The van der Waals surface area contributed by atoms with Crippen molar-refractivity contribution in [3.8, 4) is 5.75 Å². The Labute approximate surface area is 114 Å². The van der Waals surface area contributed by atoms with Gasteiger partial charge in [-0.05, 0) is 43.6 Å². The van der Waals surface area contributed by atoms with Crippen LogP contribution >= 0.6 is 11.6 Å². The van der Waals surface area contributed by atoms with Crippen molar-refractivity contribution in [1.29, 1.82) is 0 Å². The Kier molecular flexibility index (Phi) is 4.87. The van der Waals surface area contributed by atoms with Gasteiger partial charge in [0.15, 0.2) is 0 Å². The van der Waals surface area contributed by atoms with Gasteiger partial charge < -0.3 is 10.4 Å². The predicted molar refractivity (Wildman–Crippen MR) is 75.1 cm³/mol. The molecule has 18 heavy (non-hydrogen) atoms. The molecule has 1 aliphatic heterocycles. The summed E-state index contributed by atoms with van der Waals surface area (Å²) in [5, 5.41) is 13.2. The van der Waals surface area contributed by atoms with E-state index in [0.29, 0.717) is 11.1 Å². The number of likely N-dealkylation sites (N-methyl/N-ethyl adjacent to an activating group) is 1. The highest BCUT2D eigenvalue weighted by Crippen LogP contribution is 2.23. The molecule has 2 N–H and O–H groups in total. The van der Waals surface area contributed by atoms with Crippen LogP contribution in [0.25, 0.3) is 0 Å². The first kappa shape index (κ1) is 13.7. The van der Waals surface area contributed by atoms with Gasteiger partial charge in [-0.3, -0.25) is 4.90 Å². The number of hydrogen-bond donors (Lipinski definition) is 2. The minimum Gasteiger partial charge on any atom is -0.506 e. The van der Waals surface area contributed by atoms with E-state index < -0.39 is 0 Å². The number of hydrogen-bond acceptors (Lipinski definition) is 3. The van der Waals surface area contributed by atoms with Crippen molar-refractivity contribution in [2.45, 2.75) is 32.4 Å². The maximum atomic E-state index is 9.35. The van der Waals surface area contributed by atoms with E-state index in [2.05, 4.69) is 17.1 Å². The van der Waals surface area contributed by atoms with Crippen LogP contribution in [0.15, 0.2) is 18.2 Å². The molecular weight excluding hydrogens is 248 g/mol. The van der Waals surface area contributed by atoms with Gasteiger partial charge in [0.1, 0.15) is 5.75 Å². The molecule has 0 bridgehead atoms. The van der Waals surface area contributed by atoms with Gasteiger partial charge in [0.05, 0.1) is 5.02 Å². The first-order valence-electron chi connectivity index (χ1n) is 6.63. The topological polar surface area (TPSA) is 35.5 Å². The van der Waals surface area contributed by atoms with Crippen LogP contribution in [0.3, 0.4) is 0 Å². The second-order valence-corrected chi connectivity index (χ2v) is 5.25. The zero-order valence-electron chi connectivity index (χ0n) is 10.8. The number of phenols is 1. The molecule has 1 saturated heterocycles. The number of rotatable bonds is 5. The van der Waals surface area contributed by atoms with Gasteiger partial charge >= 0.3 is 0 Å². The zero-order valence-corrected chi connectivity index (χ0v) is 11.6. The third-order valence-corrected chi connectivity index (χ3v) is 3.93. The Balaban J connectivity index is 1.79. The van der Waals surface area contributed by atoms with Crippen molar-refractivity contribution in [3.05, 3.63) is 28.8 Å². The fraction of sp³-hybridized carbons (Fsp3) is 0.571. The van der Waals surface area contributed by atoms with Crippen LogP contribution in [0.1, 0.15) is 25.3 Å². The molecule has 1 atom stereocenters. The quantitative estimate of drug-likeness (QED) is 0.862. The summed E-state index contributed by atoms with van der Waals surface area (Å²) >= 11 is 5.88. The van der Waals surface area contributed by atoms with Crippen LogP contribution in [-0.4, -0.2) is 35.7 Å². The molecule has 0 amide bonds. The van der Waals surface area contributed by atoms with Gasteiger partial charge in [0.25, 0.3) is 0 Å². The lowest BCUT2D eigenvalue weighted by atomic mass is 10.2. The fourth-order valence-corrected chi connectivity index (χ4v) is 2.79. The van der Waals surface area contributed by atoms with E-state index in [-0.39, 0.29) is 5.75 Å². The number of nitrogens with one attached hydrogen (secondary N) is 1. The summed E-state index contributed by atoms with van der Waals surface area (Å²) in [5.74, 6) is 0.147. The lowest BCUT2D eigenvalue weighted by Gasteiger charge is -2.23. The second kappa shape index (κ2) is 6.41. The van der Waals surface area contributed by atoms with E-state index in [4.69, 9.17) is 11.6 Å². The van der Waals surface area contributed by atoms with Crippen LogP contribution in [0.5, 0.6) is 5.75 Å². The Morgan fingerprint density at radius 3 is 3.06 bits per heavy atom. The molecule has 1 aromatic carbocycles. The number of nitrogens with zero attached hydrogens (tertiary/aromatic N) is 1. The summed E-state index contributed by atoms with van der Waals surface area (Å²) in [6.45, 7) is 6.41. The molecule has 2 rings (SSSR count). The molecule has 1 aromatic rings. The molecule has 1 heterocycles. The summed E-state index contributed by atoms with van der Waals surface area (Å²) in [7, 11) is 0. The molecule has 0 aromatic heterocycles. The van der Waals surface area contributed by atoms with E-state index in [1.54, 1.807) is 6.07 Å². The molecule has 0 aliphatic carbocycles. The van der Waals surface area contributed by atoms with Gasteiger partial charge in [0.2, 0.25) is 0 Å². The maximum Gasteiger partial charge on any atom is 0.134 e. The number of benzene rings is 1. The van der Waals surface area contributed by atoms with E-state index in [1.165, 1.54) is 19.4 Å². The van der Waals surface area contributed by atoms with Crippen molar-refractivity contribution >= 4 is 11.6 Å². The van der Waals surface area contributed by atoms with Crippen LogP contribution in [-0.2, 0) is 6.54 Å². The average molecular weight is 269 g/mol. The Hall–Kier alpha value is -0.770. The lowest BCUT2D eigenvalue weighted by Crippen LogP contribution is -2.37. The first-order chi connectivity index (χ1) is 8.70. The van der Waals surface area contributed by atoms with Crippen molar-refractivity contribution in [2.24, 2.45) is 0 Å². The zero-order chi connectivity index (χ0) is 13.0. The SMILES string of the molecule is CCN1CCCC1CNCc1ccc(O)c(Cl)c1. The summed E-state index contributed by atoms with van der Waals surface area (Å²) in [6.07, 6.45) is 2.60. The Morgan fingerprint density at radius 2 is 2.33 bits per heavy atom. The van der Waals surface area contributed by atoms with Crippen LogP contribution in [0, 0.1) is 0 Å². The molecule has 0 spiro atoms. The van der Waals surface area contributed by atoms with E-state index in [1.807, 2.05) is 12.1 Å². The van der Waals surface area contributed by atoms with Gasteiger partial charge in [-0.25, -0.2) is 0 Å². The third kappa shape index (κ3) is 3.37. The molecule has 3 nitrogen and oxygen atoms in total. The molecule has 0 saturated carbocycles. The smallest absolute Gasteiger partial charge is 0.134 e. The Morgan fingerprint density at radius 1 is 1.50 bits per heavy atom. The lowest BCUT2D eigenvalue weighted by molar-refractivity contribution is 0.260. The predicted octanol–water partition coefficient (Wildman–Crippen LogP) is 2.62. The van der Waals surface area contributed by atoms with Gasteiger partial charge in [-0.15, -0.1) is 0 Å². The number of halogens is 1. The van der Waals surface area contributed by atoms with Crippen molar-refractivity contribution < 1.29 is 5.11 Å². The largest absolute Gasteiger partial charge is 0.506 e. The van der Waals surface area contributed by atoms with Gasteiger partial charge in [0, 0.05) is 19.1 Å². The van der Waals surface area contributed by atoms with Crippen molar-refractivity contribution in [3.63, 3.8) is 0 Å². The highest BCUT2D eigenvalue weighted by Gasteiger charge is 2.21. The normalized spacial score (nSPS) is 20.4. The minimum atomic E-state index is 0.147. The monoisotopic (exact) mass is 268 g/mol. The highest BCUT2D eigenvalue weighted by molar-refractivity contribution is 6.32. The molecule has 4 heteroatoms. The second-order valence-electron chi connectivity index (χ2n) is 4.84. The summed E-state index contributed by atoms with van der Waals surface area (Å²) in [6, 6.07) is 6.03. The van der Waals surface area contributed by atoms with Crippen LogP contribution in [0.2, 0.25) is 5.02 Å². The third-order valence-electron chi connectivity index (χ3n) is 3.63. The summed E-state index contributed by atoms with van der Waals surface area (Å²) < 4.78 is 0. The maximum absolute atomic E-state index is 9.35. The Bertz CT molecular complexity index is 397. The standard InChI is InChI=1S/C14H21ClN2O/c1-2-17-7-3-4-12(17)10-16-9-11-5-6-14(18)13(15)8-11/h5-6,8,12,16,18H,2-4,7,9-10H2,1H3. The van der Waals surface area contributed by atoms with E-state index in [9.17, 15) is 5.11 Å². The first-order valence-corrected chi connectivity index (χ1v) is 7.00. The molecule has 0 radical (unpaired) electrons. The fourth-order valence-electron chi connectivity index (χ4n) is 2.59. The number of phenolic OH excluding ortho intramolecular Hbond substituents is 1. The van der Waals surface area contributed by atoms with E-state index in [0.717, 1.165) is 25.2 Å². The molecule has 1 aliphatic rings. The van der Waals surface area contributed by atoms with Crippen molar-refractivity contribution in [2.75, 3.05) is 19.6 Å². The van der Waals surface area contributed by atoms with Crippen molar-refractivity contribution in [1.82, 2.24) is 10.2 Å². The molecule has 1 unspecified atom stereocenters. The number of aromatic hydroxyl groups is 1.